The molecule has 6 nitrogen and oxygen atoms in total. The standard InChI is InChI=1S/C23H37N5O/c1-5-26(6-2)15-19-8-7-11-27(16-19)23-17(3)18(4)24-22-14-21(25-28(22)23)20-9-12-29-13-10-20/h14,19-20H,5-13,15-16H2,1-4H3/t19-/m0/s1. The zero-order valence-electron chi connectivity index (χ0n) is 18.7. The van der Waals surface area contributed by atoms with E-state index in [0.29, 0.717) is 5.92 Å². The molecule has 4 rings (SSSR count). The fourth-order valence-electron chi connectivity index (χ4n) is 5.02. The maximum atomic E-state index is 5.55. The minimum atomic E-state index is 0.496. The highest BCUT2D eigenvalue weighted by Gasteiger charge is 2.27. The van der Waals surface area contributed by atoms with E-state index in [0.717, 1.165) is 69.5 Å². The molecule has 2 aliphatic heterocycles. The summed E-state index contributed by atoms with van der Waals surface area (Å²) in [6, 6.07) is 2.21. The minimum absolute atomic E-state index is 0.496. The third-order valence-corrected chi connectivity index (χ3v) is 6.94. The van der Waals surface area contributed by atoms with Gasteiger partial charge in [-0.05, 0) is 58.5 Å². The van der Waals surface area contributed by atoms with E-state index in [1.54, 1.807) is 0 Å². The van der Waals surface area contributed by atoms with E-state index in [1.165, 1.54) is 36.5 Å². The number of anilines is 1. The van der Waals surface area contributed by atoms with Crippen LogP contribution in [-0.4, -0.2) is 65.4 Å². The second-order valence-electron chi connectivity index (χ2n) is 8.81. The Morgan fingerprint density at radius 1 is 1.14 bits per heavy atom. The first-order valence-electron chi connectivity index (χ1n) is 11.5. The van der Waals surface area contributed by atoms with Crippen molar-refractivity contribution in [1.82, 2.24) is 19.5 Å². The van der Waals surface area contributed by atoms with Crippen LogP contribution in [0.3, 0.4) is 0 Å². The summed E-state index contributed by atoms with van der Waals surface area (Å²) in [5.74, 6) is 2.47. The molecule has 2 aromatic heterocycles. The lowest BCUT2D eigenvalue weighted by atomic mass is 9.97. The highest BCUT2D eigenvalue weighted by Crippen LogP contribution is 2.31. The lowest BCUT2D eigenvalue weighted by Crippen LogP contribution is -2.42. The average Bonchev–Trinajstić information content (AvgIpc) is 3.17. The zero-order valence-corrected chi connectivity index (χ0v) is 18.7. The highest BCUT2D eigenvalue weighted by atomic mass is 16.5. The molecule has 29 heavy (non-hydrogen) atoms. The van der Waals surface area contributed by atoms with E-state index in [2.05, 4.69) is 48.1 Å². The molecule has 2 aromatic rings. The number of fused-ring (bicyclic) bond motifs is 1. The van der Waals surface area contributed by atoms with Crippen molar-refractivity contribution in [2.45, 2.75) is 59.3 Å². The van der Waals surface area contributed by atoms with Gasteiger partial charge in [0.15, 0.2) is 5.65 Å². The summed E-state index contributed by atoms with van der Waals surface area (Å²) in [7, 11) is 0. The molecule has 4 heterocycles. The van der Waals surface area contributed by atoms with Gasteiger partial charge in [0.05, 0.1) is 5.69 Å². The van der Waals surface area contributed by atoms with Crippen molar-refractivity contribution in [1.29, 1.82) is 0 Å². The molecule has 0 amide bonds. The van der Waals surface area contributed by atoms with Crippen molar-refractivity contribution in [3.05, 3.63) is 23.0 Å². The van der Waals surface area contributed by atoms with E-state index in [1.807, 2.05) is 0 Å². The Labute approximate surface area is 175 Å². The second-order valence-corrected chi connectivity index (χ2v) is 8.81. The SMILES string of the molecule is CCN(CC)C[C@@H]1CCCN(c2c(C)c(C)nc3cc(C4CCOCC4)nn23)C1. The van der Waals surface area contributed by atoms with Crippen LogP contribution in [-0.2, 0) is 4.74 Å². The van der Waals surface area contributed by atoms with Gasteiger partial charge in [0, 0.05) is 56.1 Å². The van der Waals surface area contributed by atoms with Crippen LogP contribution in [0, 0.1) is 19.8 Å². The van der Waals surface area contributed by atoms with Gasteiger partial charge in [0.25, 0.3) is 0 Å². The average molecular weight is 400 g/mol. The Morgan fingerprint density at radius 2 is 1.90 bits per heavy atom. The molecular formula is C23H37N5O. The van der Waals surface area contributed by atoms with Gasteiger partial charge < -0.3 is 14.5 Å². The van der Waals surface area contributed by atoms with Crippen LogP contribution < -0.4 is 4.90 Å². The number of rotatable bonds is 6. The van der Waals surface area contributed by atoms with Crippen molar-refractivity contribution in [3.8, 4) is 0 Å². The number of nitrogens with zero attached hydrogens (tertiary/aromatic N) is 5. The lowest BCUT2D eigenvalue weighted by molar-refractivity contribution is 0.0844. The summed E-state index contributed by atoms with van der Waals surface area (Å²) < 4.78 is 7.68. The van der Waals surface area contributed by atoms with Crippen molar-refractivity contribution >= 4 is 11.5 Å². The first-order chi connectivity index (χ1) is 14.1. The van der Waals surface area contributed by atoms with Gasteiger partial charge in [0.2, 0.25) is 0 Å². The predicted octanol–water partition coefficient (Wildman–Crippen LogP) is 3.80. The normalized spacial score (nSPS) is 21.4. The van der Waals surface area contributed by atoms with Crippen LogP contribution in [0.25, 0.3) is 5.65 Å². The van der Waals surface area contributed by atoms with Gasteiger partial charge in [-0.3, -0.25) is 0 Å². The molecule has 0 aromatic carbocycles. The second kappa shape index (κ2) is 9.00. The Morgan fingerprint density at radius 3 is 2.62 bits per heavy atom. The van der Waals surface area contributed by atoms with Crippen LogP contribution >= 0.6 is 0 Å². The van der Waals surface area contributed by atoms with Gasteiger partial charge in [-0.15, -0.1) is 0 Å². The Bertz CT molecular complexity index is 822. The summed E-state index contributed by atoms with van der Waals surface area (Å²) >= 11 is 0. The van der Waals surface area contributed by atoms with Crippen molar-refractivity contribution in [3.63, 3.8) is 0 Å². The summed E-state index contributed by atoms with van der Waals surface area (Å²) in [4.78, 5) is 10.0. The Hall–Kier alpha value is -1.66. The maximum Gasteiger partial charge on any atom is 0.157 e. The first-order valence-corrected chi connectivity index (χ1v) is 11.5. The molecule has 2 saturated heterocycles. The van der Waals surface area contributed by atoms with Gasteiger partial charge in [-0.25, -0.2) is 4.98 Å². The quantitative estimate of drug-likeness (QED) is 0.739. The lowest BCUT2D eigenvalue weighted by Gasteiger charge is -2.37. The van der Waals surface area contributed by atoms with Crippen molar-refractivity contribution < 1.29 is 4.74 Å². The molecule has 1 atom stereocenters. The topological polar surface area (TPSA) is 45.9 Å². The van der Waals surface area contributed by atoms with Gasteiger partial charge in [0.1, 0.15) is 5.82 Å². The Kier molecular flexibility index (Phi) is 6.40. The van der Waals surface area contributed by atoms with Crippen LogP contribution in [0.15, 0.2) is 6.07 Å². The summed E-state index contributed by atoms with van der Waals surface area (Å²) in [6.07, 6.45) is 4.70. The molecule has 2 fully saturated rings. The number of hydrogen-bond donors (Lipinski definition) is 0. The number of aryl methyl sites for hydroxylation is 1. The summed E-state index contributed by atoms with van der Waals surface area (Å²) in [6.45, 7) is 16.3. The largest absolute Gasteiger partial charge is 0.381 e. The number of aromatic nitrogens is 3. The van der Waals surface area contributed by atoms with Crippen LogP contribution in [0.5, 0.6) is 0 Å². The molecule has 0 aliphatic carbocycles. The molecular weight excluding hydrogens is 362 g/mol. The van der Waals surface area contributed by atoms with Crippen molar-refractivity contribution in [2.75, 3.05) is 50.8 Å². The molecule has 0 saturated carbocycles. The predicted molar refractivity (Wildman–Crippen MR) is 118 cm³/mol. The van der Waals surface area contributed by atoms with E-state index < -0.39 is 0 Å². The molecule has 160 valence electrons. The molecule has 2 aliphatic rings. The van der Waals surface area contributed by atoms with E-state index >= 15 is 0 Å². The summed E-state index contributed by atoms with van der Waals surface area (Å²) in [5.41, 5.74) is 4.57. The first kappa shape index (κ1) is 20.6. The maximum absolute atomic E-state index is 5.55. The van der Waals surface area contributed by atoms with Gasteiger partial charge in [-0.2, -0.15) is 9.61 Å². The Balaban J connectivity index is 1.64. The van der Waals surface area contributed by atoms with Crippen LogP contribution in [0.2, 0.25) is 0 Å². The minimum Gasteiger partial charge on any atom is -0.381 e. The third-order valence-electron chi connectivity index (χ3n) is 6.94. The monoisotopic (exact) mass is 399 g/mol. The number of ether oxygens (including phenoxy) is 1. The molecule has 0 bridgehead atoms. The van der Waals surface area contributed by atoms with Crippen LogP contribution in [0.1, 0.15) is 62.4 Å². The zero-order chi connectivity index (χ0) is 20.4. The summed E-state index contributed by atoms with van der Waals surface area (Å²) in [5, 5.41) is 5.08. The van der Waals surface area contributed by atoms with E-state index in [-0.39, 0.29) is 0 Å². The molecule has 6 heteroatoms. The van der Waals surface area contributed by atoms with Gasteiger partial charge in [-0.1, -0.05) is 13.8 Å². The molecule has 0 radical (unpaired) electrons. The van der Waals surface area contributed by atoms with Crippen molar-refractivity contribution in [2.24, 2.45) is 5.92 Å². The third kappa shape index (κ3) is 4.29. The highest BCUT2D eigenvalue weighted by molar-refractivity contribution is 5.57. The van der Waals surface area contributed by atoms with E-state index in [4.69, 9.17) is 14.8 Å². The number of piperidine rings is 1. The van der Waals surface area contributed by atoms with Gasteiger partial charge >= 0.3 is 0 Å². The van der Waals surface area contributed by atoms with Crippen LogP contribution in [0.4, 0.5) is 5.82 Å². The molecule has 0 unspecified atom stereocenters. The number of hydrogen-bond acceptors (Lipinski definition) is 5. The fourth-order valence-corrected chi connectivity index (χ4v) is 5.02. The molecule has 0 spiro atoms. The smallest absolute Gasteiger partial charge is 0.157 e. The molecule has 0 N–H and O–H groups in total. The fraction of sp³-hybridized carbons (Fsp3) is 0.739. The van der Waals surface area contributed by atoms with E-state index in [9.17, 15) is 0 Å².